The SMILES string of the molecule is CC(C)c1csc(CN2CCC(c3nnc(Cn4cncn4)n3C)CC2)n1. The Labute approximate surface area is 163 Å². The normalized spacial score (nSPS) is 16.4. The first-order valence-corrected chi connectivity index (χ1v) is 10.4. The Morgan fingerprint density at radius 3 is 2.67 bits per heavy atom. The summed E-state index contributed by atoms with van der Waals surface area (Å²) in [6.07, 6.45) is 5.46. The Morgan fingerprint density at radius 1 is 1.19 bits per heavy atom. The lowest BCUT2D eigenvalue weighted by Gasteiger charge is -2.30. The monoisotopic (exact) mass is 386 g/mol. The minimum Gasteiger partial charge on any atom is -0.316 e. The van der Waals surface area contributed by atoms with Crippen molar-refractivity contribution < 1.29 is 0 Å². The highest BCUT2D eigenvalue weighted by atomic mass is 32.1. The van der Waals surface area contributed by atoms with E-state index in [2.05, 4.69) is 56.0 Å². The first kappa shape index (κ1) is 18.2. The number of thiazole rings is 1. The molecule has 0 aromatic carbocycles. The number of hydrogen-bond acceptors (Lipinski definition) is 7. The molecule has 0 spiro atoms. The molecule has 0 unspecified atom stereocenters. The minimum absolute atomic E-state index is 0.464. The van der Waals surface area contributed by atoms with Gasteiger partial charge in [-0.3, -0.25) is 4.90 Å². The van der Waals surface area contributed by atoms with Crippen molar-refractivity contribution in [3.63, 3.8) is 0 Å². The van der Waals surface area contributed by atoms with Crippen LogP contribution < -0.4 is 0 Å². The Bertz CT molecular complexity index is 858. The maximum Gasteiger partial charge on any atom is 0.154 e. The van der Waals surface area contributed by atoms with E-state index in [4.69, 9.17) is 4.98 Å². The van der Waals surface area contributed by atoms with Gasteiger partial charge in [-0.15, -0.1) is 21.5 Å². The quantitative estimate of drug-likeness (QED) is 0.647. The van der Waals surface area contributed by atoms with E-state index in [9.17, 15) is 0 Å². The number of aromatic nitrogens is 7. The third-order valence-electron chi connectivity index (χ3n) is 5.24. The summed E-state index contributed by atoms with van der Waals surface area (Å²) in [4.78, 5) is 11.3. The van der Waals surface area contributed by atoms with Gasteiger partial charge in [0, 0.05) is 18.3 Å². The van der Waals surface area contributed by atoms with E-state index in [1.807, 2.05) is 0 Å². The van der Waals surface area contributed by atoms with Crippen LogP contribution in [0.5, 0.6) is 0 Å². The topological polar surface area (TPSA) is 77.5 Å². The van der Waals surface area contributed by atoms with Crippen LogP contribution in [0.25, 0.3) is 0 Å². The zero-order chi connectivity index (χ0) is 18.8. The molecule has 9 heteroatoms. The fourth-order valence-electron chi connectivity index (χ4n) is 3.53. The van der Waals surface area contributed by atoms with Crippen molar-refractivity contribution in [2.45, 2.75) is 51.6 Å². The standard InChI is InChI=1S/C18H26N8S/c1-13(2)15-10-27-17(21-15)9-25-6-4-14(5-7-25)18-23-22-16(24(18)3)8-26-12-19-11-20-26/h10-14H,4-9H2,1-3H3. The van der Waals surface area contributed by atoms with Crippen LogP contribution in [0.15, 0.2) is 18.0 Å². The van der Waals surface area contributed by atoms with Crippen molar-refractivity contribution in [1.82, 2.24) is 39.4 Å². The van der Waals surface area contributed by atoms with Crippen LogP contribution in [0.3, 0.4) is 0 Å². The highest BCUT2D eigenvalue weighted by molar-refractivity contribution is 7.09. The fraction of sp³-hybridized carbons (Fsp3) is 0.611. The Balaban J connectivity index is 1.34. The number of piperidine rings is 1. The number of rotatable bonds is 6. The molecule has 0 saturated carbocycles. The maximum atomic E-state index is 4.77. The lowest BCUT2D eigenvalue weighted by atomic mass is 9.96. The molecule has 0 aliphatic carbocycles. The second kappa shape index (κ2) is 7.85. The van der Waals surface area contributed by atoms with Crippen LogP contribution >= 0.6 is 11.3 Å². The highest BCUT2D eigenvalue weighted by Crippen LogP contribution is 2.28. The Kier molecular flexibility index (Phi) is 5.31. The lowest BCUT2D eigenvalue weighted by Crippen LogP contribution is -2.33. The number of nitrogens with zero attached hydrogens (tertiary/aromatic N) is 8. The second-order valence-electron chi connectivity index (χ2n) is 7.50. The van der Waals surface area contributed by atoms with E-state index in [0.717, 1.165) is 44.1 Å². The molecular formula is C18H26N8S. The van der Waals surface area contributed by atoms with Gasteiger partial charge in [-0.2, -0.15) is 5.10 Å². The second-order valence-corrected chi connectivity index (χ2v) is 8.44. The van der Waals surface area contributed by atoms with Gasteiger partial charge in [-0.05, 0) is 31.8 Å². The molecule has 0 amide bonds. The van der Waals surface area contributed by atoms with Crippen LogP contribution in [-0.4, -0.2) is 52.5 Å². The van der Waals surface area contributed by atoms with Crippen LogP contribution in [0.1, 0.15) is 60.9 Å². The molecule has 3 aromatic rings. The van der Waals surface area contributed by atoms with Gasteiger partial charge in [-0.1, -0.05) is 13.8 Å². The third kappa shape index (κ3) is 4.08. The van der Waals surface area contributed by atoms with Gasteiger partial charge in [-0.25, -0.2) is 14.6 Å². The molecule has 1 aliphatic heterocycles. The van der Waals surface area contributed by atoms with Crippen molar-refractivity contribution in [3.05, 3.63) is 40.4 Å². The number of hydrogen-bond donors (Lipinski definition) is 0. The third-order valence-corrected chi connectivity index (χ3v) is 6.09. The molecule has 4 heterocycles. The first-order valence-electron chi connectivity index (χ1n) is 9.47. The van der Waals surface area contributed by atoms with Crippen molar-refractivity contribution in [1.29, 1.82) is 0 Å². The van der Waals surface area contributed by atoms with E-state index in [1.54, 1.807) is 28.7 Å². The van der Waals surface area contributed by atoms with Gasteiger partial charge in [0.1, 0.15) is 30.0 Å². The average Bonchev–Trinajstić information content (AvgIpc) is 3.39. The lowest BCUT2D eigenvalue weighted by molar-refractivity contribution is 0.200. The number of likely N-dealkylation sites (tertiary alicyclic amines) is 1. The van der Waals surface area contributed by atoms with E-state index in [-0.39, 0.29) is 0 Å². The first-order chi connectivity index (χ1) is 13.1. The van der Waals surface area contributed by atoms with Gasteiger partial charge in [0.2, 0.25) is 0 Å². The largest absolute Gasteiger partial charge is 0.316 e. The summed E-state index contributed by atoms with van der Waals surface area (Å²) >= 11 is 1.78. The molecule has 4 rings (SSSR count). The smallest absolute Gasteiger partial charge is 0.154 e. The highest BCUT2D eigenvalue weighted by Gasteiger charge is 2.25. The molecule has 0 bridgehead atoms. The molecule has 1 aliphatic rings. The summed E-state index contributed by atoms with van der Waals surface area (Å²) in [7, 11) is 2.05. The zero-order valence-electron chi connectivity index (χ0n) is 16.1. The molecule has 1 fully saturated rings. The molecule has 3 aromatic heterocycles. The van der Waals surface area contributed by atoms with E-state index >= 15 is 0 Å². The van der Waals surface area contributed by atoms with Crippen LogP contribution in [0.2, 0.25) is 0 Å². The van der Waals surface area contributed by atoms with Crippen LogP contribution in [0.4, 0.5) is 0 Å². The van der Waals surface area contributed by atoms with E-state index in [0.29, 0.717) is 18.4 Å². The Hall–Kier alpha value is -2.13. The predicted octanol–water partition coefficient (Wildman–Crippen LogP) is 2.41. The van der Waals surface area contributed by atoms with Gasteiger partial charge in [0.25, 0.3) is 0 Å². The molecule has 0 radical (unpaired) electrons. The molecule has 144 valence electrons. The zero-order valence-corrected chi connectivity index (χ0v) is 16.9. The summed E-state index contributed by atoms with van der Waals surface area (Å²) in [5.74, 6) is 2.97. The summed E-state index contributed by atoms with van der Waals surface area (Å²) < 4.78 is 3.90. The van der Waals surface area contributed by atoms with E-state index < -0.39 is 0 Å². The summed E-state index contributed by atoms with van der Waals surface area (Å²) in [6, 6.07) is 0. The van der Waals surface area contributed by atoms with Gasteiger partial charge in [0.15, 0.2) is 5.82 Å². The van der Waals surface area contributed by atoms with Crippen molar-refractivity contribution >= 4 is 11.3 Å². The summed E-state index contributed by atoms with van der Waals surface area (Å²) in [5, 5.41) is 16.4. The van der Waals surface area contributed by atoms with Crippen molar-refractivity contribution in [3.8, 4) is 0 Å². The fourth-order valence-corrected chi connectivity index (χ4v) is 4.53. The van der Waals surface area contributed by atoms with Gasteiger partial charge >= 0.3 is 0 Å². The van der Waals surface area contributed by atoms with Gasteiger partial charge in [0.05, 0.1) is 12.2 Å². The molecule has 0 N–H and O–H groups in total. The minimum atomic E-state index is 0.464. The predicted molar refractivity (Wildman–Crippen MR) is 104 cm³/mol. The molecule has 8 nitrogen and oxygen atoms in total. The molecule has 0 atom stereocenters. The maximum absolute atomic E-state index is 4.77. The van der Waals surface area contributed by atoms with Crippen molar-refractivity contribution in [2.75, 3.05) is 13.1 Å². The summed E-state index contributed by atoms with van der Waals surface area (Å²) in [6.45, 7) is 8.11. The molecule has 1 saturated heterocycles. The average molecular weight is 387 g/mol. The Morgan fingerprint density at radius 2 is 2.00 bits per heavy atom. The van der Waals surface area contributed by atoms with Gasteiger partial charge < -0.3 is 4.57 Å². The van der Waals surface area contributed by atoms with Crippen LogP contribution in [0, 0.1) is 0 Å². The van der Waals surface area contributed by atoms with Crippen LogP contribution in [-0.2, 0) is 20.1 Å². The van der Waals surface area contributed by atoms with Crippen molar-refractivity contribution in [2.24, 2.45) is 7.05 Å². The molecule has 27 heavy (non-hydrogen) atoms. The molecular weight excluding hydrogens is 360 g/mol. The van der Waals surface area contributed by atoms with E-state index in [1.165, 1.54) is 10.7 Å². The summed E-state index contributed by atoms with van der Waals surface area (Å²) in [5.41, 5.74) is 1.21.